The Hall–Kier alpha value is -2.28. The van der Waals surface area contributed by atoms with Gasteiger partial charge in [-0.15, -0.1) is 0 Å². The van der Waals surface area contributed by atoms with Gasteiger partial charge in [-0.2, -0.15) is 0 Å². The van der Waals surface area contributed by atoms with Crippen LogP contribution in [0.5, 0.6) is 11.5 Å². The highest BCUT2D eigenvalue weighted by Gasteiger charge is 2.28. The van der Waals surface area contributed by atoms with Crippen molar-refractivity contribution < 1.29 is 28.9 Å². The van der Waals surface area contributed by atoms with E-state index in [0.717, 1.165) is 12.5 Å². The van der Waals surface area contributed by atoms with Crippen LogP contribution >= 0.6 is 0 Å². The molecule has 0 heterocycles. The number of rotatable bonds is 8. The summed E-state index contributed by atoms with van der Waals surface area (Å²) in [7, 11) is 1.51. The highest BCUT2D eigenvalue weighted by molar-refractivity contribution is 5.77. The first-order chi connectivity index (χ1) is 10.4. The minimum Gasteiger partial charge on any atom is -0.493 e. The van der Waals surface area contributed by atoms with Crippen molar-refractivity contribution in [2.45, 2.75) is 32.4 Å². The van der Waals surface area contributed by atoms with Crippen LogP contribution in [0.15, 0.2) is 18.2 Å². The van der Waals surface area contributed by atoms with Crippen molar-refractivity contribution in [1.29, 1.82) is 0 Å². The Morgan fingerprint density at radius 1 is 1.32 bits per heavy atom. The summed E-state index contributed by atoms with van der Waals surface area (Å²) in [5.74, 6) is -0.837. The largest absolute Gasteiger partial charge is 0.493 e. The molecule has 1 aromatic rings. The van der Waals surface area contributed by atoms with Gasteiger partial charge in [-0.05, 0) is 31.0 Å². The summed E-state index contributed by atoms with van der Waals surface area (Å²) >= 11 is 0. The highest BCUT2D eigenvalue weighted by Crippen LogP contribution is 2.28. The van der Waals surface area contributed by atoms with E-state index < -0.39 is 24.1 Å². The first kappa shape index (κ1) is 17.8. The molecule has 0 bridgehead atoms. The fourth-order valence-electron chi connectivity index (χ4n) is 1.99. The molecule has 0 spiro atoms. The summed E-state index contributed by atoms with van der Waals surface area (Å²) in [6, 6.07) is 4.34. The Kier molecular flexibility index (Phi) is 6.65. The van der Waals surface area contributed by atoms with E-state index in [1.807, 2.05) is 6.92 Å². The van der Waals surface area contributed by atoms with E-state index in [1.165, 1.54) is 7.11 Å². The van der Waals surface area contributed by atoms with Crippen molar-refractivity contribution in [3.05, 3.63) is 23.8 Å². The van der Waals surface area contributed by atoms with Crippen molar-refractivity contribution in [1.82, 2.24) is 0 Å². The molecule has 7 nitrogen and oxygen atoms in total. The SMILES string of the molecule is CCOc1ccc(CC(N)C(OC(C)=O)C(=O)O)cc1OC. The summed E-state index contributed by atoms with van der Waals surface area (Å²) < 4.78 is 15.4. The van der Waals surface area contributed by atoms with E-state index in [9.17, 15) is 9.59 Å². The molecule has 7 heteroatoms. The first-order valence-corrected chi connectivity index (χ1v) is 6.84. The van der Waals surface area contributed by atoms with Gasteiger partial charge in [0.1, 0.15) is 0 Å². The summed E-state index contributed by atoms with van der Waals surface area (Å²) in [6.07, 6.45) is -1.18. The number of methoxy groups -OCH3 is 1. The van der Waals surface area contributed by atoms with E-state index in [1.54, 1.807) is 18.2 Å². The number of aliphatic carboxylic acids is 1. The van der Waals surface area contributed by atoms with Crippen molar-refractivity contribution in [2.24, 2.45) is 5.73 Å². The van der Waals surface area contributed by atoms with Gasteiger partial charge in [0, 0.05) is 6.92 Å². The highest BCUT2D eigenvalue weighted by atomic mass is 16.6. The summed E-state index contributed by atoms with van der Waals surface area (Å²) in [4.78, 5) is 22.1. The van der Waals surface area contributed by atoms with Crippen LogP contribution in [-0.2, 0) is 20.7 Å². The summed E-state index contributed by atoms with van der Waals surface area (Å²) in [5.41, 5.74) is 6.61. The Labute approximate surface area is 129 Å². The molecule has 1 aromatic carbocycles. The van der Waals surface area contributed by atoms with Crippen molar-refractivity contribution in [3.8, 4) is 11.5 Å². The number of carbonyl (C=O) groups excluding carboxylic acids is 1. The van der Waals surface area contributed by atoms with Gasteiger partial charge < -0.3 is 25.1 Å². The van der Waals surface area contributed by atoms with Crippen molar-refractivity contribution in [3.63, 3.8) is 0 Å². The van der Waals surface area contributed by atoms with Crippen molar-refractivity contribution >= 4 is 11.9 Å². The van der Waals surface area contributed by atoms with Gasteiger partial charge in [-0.3, -0.25) is 4.79 Å². The van der Waals surface area contributed by atoms with Crippen LogP contribution in [0, 0.1) is 0 Å². The Balaban J connectivity index is 2.88. The lowest BCUT2D eigenvalue weighted by Gasteiger charge is -2.20. The van der Waals surface area contributed by atoms with Crippen LogP contribution in [0.4, 0.5) is 0 Å². The van der Waals surface area contributed by atoms with Gasteiger partial charge in [-0.25, -0.2) is 4.79 Å². The van der Waals surface area contributed by atoms with Crippen LogP contribution < -0.4 is 15.2 Å². The fraction of sp³-hybridized carbons (Fsp3) is 0.467. The second kappa shape index (κ2) is 8.23. The zero-order valence-electron chi connectivity index (χ0n) is 12.9. The van der Waals surface area contributed by atoms with Crippen LogP contribution in [0.1, 0.15) is 19.4 Å². The number of nitrogens with two attached hydrogens (primary N) is 1. The molecule has 0 saturated carbocycles. The number of esters is 1. The maximum absolute atomic E-state index is 11.1. The molecule has 2 atom stereocenters. The Morgan fingerprint density at radius 3 is 2.50 bits per heavy atom. The second-order valence-corrected chi connectivity index (χ2v) is 4.65. The van der Waals surface area contributed by atoms with Crippen LogP contribution in [0.3, 0.4) is 0 Å². The third kappa shape index (κ3) is 4.92. The average Bonchev–Trinajstić information content (AvgIpc) is 2.45. The molecule has 0 radical (unpaired) electrons. The van der Waals surface area contributed by atoms with E-state index in [-0.39, 0.29) is 6.42 Å². The zero-order valence-corrected chi connectivity index (χ0v) is 12.9. The van der Waals surface area contributed by atoms with E-state index in [0.29, 0.717) is 18.1 Å². The molecule has 0 aliphatic heterocycles. The lowest BCUT2D eigenvalue weighted by atomic mass is 10.0. The molecular formula is C15H21NO6. The molecule has 2 unspecified atom stereocenters. The fourth-order valence-corrected chi connectivity index (χ4v) is 1.99. The van der Waals surface area contributed by atoms with Gasteiger partial charge in [0.05, 0.1) is 19.8 Å². The maximum Gasteiger partial charge on any atom is 0.346 e. The van der Waals surface area contributed by atoms with E-state index in [4.69, 9.17) is 25.1 Å². The smallest absolute Gasteiger partial charge is 0.346 e. The lowest BCUT2D eigenvalue weighted by Crippen LogP contribution is -2.44. The molecule has 0 aliphatic carbocycles. The van der Waals surface area contributed by atoms with Crippen LogP contribution in [0.2, 0.25) is 0 Å². The second-order valence-electron chi connectivity index (χ2n) is 4.65. The minimum atomic E-state index is -1.39. The van der Waals surface area contributed by atoms with E-state index in [2.05, 4.69) is 0 Å². The van der Waals surface area contributed by atoms with Gasteiger partial charge in [0.25, 0.3) is 0 Å². The predicted molar refractivity (Wildman–Crippen MR) is 79.0 cm³/mol. The first-order valence-electron chi connectivity index (χ1n) is 6.84. The normalized spacial score (nSPS) is 13.1. The third-order valence-electron chi connectivity index (χ3n) is 2.92. The Morgan fingerprint density at radius 2 is 2.00 bits per heavy atom. The predicted octanol–water partition coefficient (Wildman–Crippen LogP) is 0.980. The molecule has 0 fully saturated rings. The monoisotopic (exact) mass is 311 g/mol. The number of hydrogen-bond donors (Lipinski definition) is 2. The molecule has 0 saturated heterocycles. The quantitative estimate of drug-likeness (QED) is 0.689. The maximum atomic E-state index is 11.1. The number of hydrogen-bond acceptors (Lipinski definition) is 6. The molecule has 0 aliphatic rings. The molecule has 0 amide bonds. The average molecular weight is 311 g/mol. The standard InChI is InChI=1S/C15H21NO6/c1-4-21-12-6-5-10(8-13(12)20-3)7-11(16)14(15(18)19)22-9(2)17/h5-6,8,11,14H,4,7,16H2,1-3H3,(H,18,19). The van der Waals surface area contributed by atoms with Crippen LogP contribution in [-0.4, -0.2) is 42.9 Å². The van der Waals surface area contributed by atoms with Gasteiger partial charge >= 0.3 is 11.9 Å². The van der Waals surface area contributed by atoms with Gasteiger partial charge in [0.2, 0.25) is 6.10 Å². The van der Waals surface area contributed by atoms with E-state index >= 15 is 0 Å². The Bertz CT molecular complexity index is 531. The molecule has 1 rings (SSSR count). The number of carboxylic acid groups (broad SMARTS) is 1. The molecular weight excluding hydrogens is 290 g/mol. The van der Waals surface area contributed by atoms with Crippen molar-refractivity contribution in [2.75, 3.05) is 13.7 Å². The van der Waals surface area contributed by atoms with Gasteiger partial charge in [-0.1, -0.05) is 6.07 Å². The molecule has 3 N–H and O–H groups in total. The topological polar surface area (TPSA) is 108 Å². The van der Waals surface area contributed by atoms with Gasteiger partial charge in [0.15, 0.2) is 11.5 Å². The lowest BCUT2D eigenvalue weighted by molar-refractivity contribution is -0.163. The number of carboxylic acids is 1. The molecule has 22 heavy (non-hydrogen) atoms. The zero-order chi connectivity index (χ0) is 16.7. The minimum absolute atomic E-state index is 0.215. The molecule has 122 valence electrons. The molecule has 0 aromatic heterocycles. The third-order valence-corrected chi connectivity index (χ3v) is 2.92. The van der Waals surface area contributed by atoms with Crippen LogP contribution in [0.25, 0.3) is 0 Å². The summed E-state index contributed by atoms with van der Waals surface area (Å²) in [5, 5.41) is 9.08. The number of carbonyl (C=O) groups is 2. The number of ether oxygens (including phenoxy) is 3. The number of benzene rings is 1. The summed E-state index contributed by atoms with van der Waals surface area (Å²) in [6.45, 7) is 3.51.